The molecule has 2 aromatic heterocycles. The number of aromatic nitrogens is 4. The van der Waals surface area contributed by atoms with E-state index in [-0.39, 0.29) is 6.54 Å². The molecule has 0 aliphatic rings. The second-order valence-corrected chi connectivity index (χ2v) is 6.44. The Morgan fingerprint density at radius 3 is 2.69 bits per heavy atom. The van der Waals surface area contributed by atoms with E-state index in [1.807, 2.05) is 42.8 Å². The Bertz CT molecular complexity index is 888. The van der Waals surface area contributed by atoms with Gasteiger partial charge in [0, 0.05) is 35.2 Å². The molecule has 0 unspecified atom stereocenters. The maximum absolute atomic E-state index is 12.9. The van der Waals surface area contributed by atoms with Gasteiger partial charge in [-0.25, -0.2) is 4.98 Å². The van der Waals surface area contributed by atoms with Gasteiger partial charge < -0.3 is 5.32 Å². The van der Waals surface area contributed by atoms with Crippen molar-refractivity contribution < 1.29 is 8.78 Å². The summed E-state index contributed by atoms with van der Waals surface area (Å²) >= 11 is 6.23. The Morgan fingerprint density at radius 1 is 1.19 bits per heavy atom. The van der Waals surface area contributed by atoms with Gasteiger partial charge in [0.05, 0.1) is 18.8 Å². The largest absolute Gasteiger partial charge is 0.319 e. The number of nitrogens with one attached hydrogen (secondary N) is 1. The van der Waals surface area contributed by atoms with Gasteiger partial charge in [-0.05, 0) is 25.5 Å². The quantitative estimate of drug-likeness (QED) is 0.672. The van der Waals surface area contributed by atoms with Crippen molar-refractivity contribution in [2.45, 2.75) is 40.0 Å². The van der Waals surface area contributed by atoms with E-state index in [1.165, 1.54) is 12.4 Å². The Kier molecular flexibility index (Phi) is 5.68. The maximum atomic E-state index is 12.9. The third-order valence-corrected chi connectivity index (χ3v) is 4.72. The smallest absolute Gasteiger partial charge is 0.306 e. The summed E-state index contributed by atoms with van der Waals surface area (Å²) in [6, 6.07) is 7.67. The highest BCUT2D eigenvalue weighted by Crippen LogP contribution is 2.19. The number of aryl methyl sites for hydroxylation is 1. The molecule has 0 fully saturated rings. The molecule has 0 saturated carbocycles. The molecule has 3 aromatic rings. The fourth-order valence-corrected chi connectivity index (χ4v) is 3.09. The van der Waals surface area contributed by atoms with Crippen LogP contribution in [0, 0.1) is 13.8 Å². The van der Waals surface area contributed by atoms with Crippen molar-refractivity contribution in [2.24, 2.45) is 0 Å². The number of alkyl halides is 2. The molecule has 3 rings (SSSR count). The molecule has 138 valence electrons. The number of rotatable bonds is 7. The molecule has 5 nitrogen and oxygen atoms in total. The molecule has 2 heterocycles. The van der Waals surface area contributed by atoms with E-state index in [4.69, 9.17) is 11.6 Å². The van der Waals surface area contributed by atoms with Gasteiger partial charge >= 0.3 is 6.55 Å². The first kappa shape index (κ1) is 18.5. The predicted octanol–water partition coefficient (Wildman–Crippen LogP) is 4.08. The lowest BCUT2D eigenvalue weighted by Crippen LogP contribution is -2.18. The summed E-state index contributed by atoms with van der Waals surface area (Å²) in [5.74, 6) is 0.304. The van der Waals surface area contributed by atoms with Crippen molar-refractivity contribution in [3.63, 3.8) is 0 Å². The fourth-order valence-electron chi connectivity index (χ4n) is 2.89. The lowest BCUT2D eigenvalue weighted by Gasteiger charge is -2.09. The second kappa shape index (κ2) is 7.97. The van der Waals surface area contributed by atoms with Crippen LogP contribution in [0.4, 0.5) is 8.78 Å². The number of halogens is 3. The Hall–Kier alpha value is -2.25. The summed E-state index contributed by atoms with van der Waals surface area (Å²) in [4.78, 5) is 3.97. The summed E-state index contributed by atoms with van der Waals surface area (Å²) in [5, 5.41) is 8.47. The molecule has 0 saturated heterocycles. The Labute approximate surface area is 155 Å². The molecule has 0 atom stereocenters. The van der Waals surface area contributed by atoms with Gasteiger partial charge in [0.1, 0.15) is 5.82 Å². The molecule has 8 heteroatoms. The minimum atomic E-state index is -2.59. The van der Waals surface area contributed by atoms with Crippen LogP contribution in [0.25, 0.3) is 0 Å². The summed E-state index contributed by atoms with van der Waals surface area (Å²) < 4.78 is 28.5. The standard InChI is InChI=1S/C18H20ClF2N5/c1-12-15(9-22-10-17-23-7-8-25(17)18(20)21)13(2)26(24-12)11-14-5-3-4-6-16(14)19/h3-8,18,22H,9-11H2,1-2H3. The summed E-state index contributed by atoms with van der Waals surface area (Å²) in [7, 11) is 0. The van der Waals surface area contributed by atoms with Crippen LogP contribution < -0.4 is 5.32 Å². The molecule has 0 aliphatic heterocycles. The van der Waals surface area contributed by atoms with Crippen molar-refractivity contribution in [1.29, 1.82) is 0 Å². The van der Waals surface area contributed by atoms with E-state index in [1.54, 1.807) is 0 Å². The van der Waals surface area contributed by atoms with E-state index in [9.17, 15) is 8.78 Å². The topological polar surface area (TPSA) is 47.7 Å². The Morgan fingerprint density at radius 2 is 1.96 bits per heavy atom. The lowest BCUT2D eigenvalue weighted by atomic mass is 10.2. The van der Waals surface area contributed by atoms with Gasteiger partial charge in [0.15, 0.2) is 0 Å². The first-order valence-electron chi connectivity index (χ1n) is 8.24. The average Bonchev–Trinajstić information content (AvgIpc) is 3.17. The number of imidazole rings is 1. The molecular weight excluding hydrogens is 360 g/mol. The molecule has 0 aliphatic carbocycles. The van der Waals surface area contributed by atoms with Crippen LogP contribution in [0.5, 0.6) is 0 Å². The monoisotopic (exact) mass is 379 g/mol. The molecule has 1 aromatic carbocycles. The van der Waals surface area contributed by atoms with Gasteiger partial charge in [-0.15, -0.1) is 0 Å². The fraction of sp³-hybridized carbons (Fsp3) is 0.333. The summed E-state index contributed by atoms with van der Waals surface area (Å²) in [5.41, 5.74) is 3.97. The second-order valence-electron chi connectivity index (χ2n) is 6.03. The molecule has 1 N–H and O–H groups in total. The molecule has 0 spiro atoms. The molecule has 0 bridgehead atoms. The number of hydrogen-bond acceptors (Lipinski definition) is 3. The Balaban J connectivity index is 1.68. The molecule has 26 heavy (non-hydrogen) atoms. The minimum Gasteiger partial charge on any atom is -0.306 e. The highest BCUT2D eigenvalue weighted by molar-refractivity contribution is 6.31. The summed E-state index contributed by atoms with van der Waals surface area (Å²) in [6.07, 6.45) is 2.65. The number of nitrogens with zero attached hydrogens (tertiary/aromatic N) is 4. The van der Waals surface area contributed by atoms with E-state index >= 15 is 0 Å². The zero-order valence-corrected chi connectivity index (χ0v) is 15.3. The van der Waals surface area contributed by atoms with Crippen LogP contribution in [-0.4, -0.2) is 19.3 Å². The van der Waals surface area contributed by atoms with Crippen molar-refractivity contribution in [3.05, 3.63) is 70.0 Å². The molecule has 0 amide bonds. The van der Waals surface area contributed by atoms with Crippen LogP contribution in [0.3, 0.4) is 0 Å². The van der Waals surface area contributed by atoms with E-state index < -0.39 is 6.55 Å². The first-order chi connectivity index (χ1) is 12.5. The minimum absolute atomic E-state index is 0.256. The van der Waals surface area contributed by atoms with Crippen molar-refractivity contribution in [2.75, 3.05) is 0 Å². The SMILES string of the molecule is Cc1nn(Cc2ccccc2Cl)c(C)c1CNCc1nccn1C(F)F. The third-order valence-electron chi connectivity index (χ3n) is 4.35. The van der Waals surface area contributed by atoms with Crippen LogP contribution in [-0.2, 0) is 19.6 Å². The highest BCUT2D eigenvalue weighted by Gasteiger charge is 2.14. The van der Waals surface area contributed by atoms with Crippen LogP contribution in [0.2, 0.25) is 5.02 Å². The van der Waals surface area contributed by atoms with E-state index in [0.29, 0.717) is 23.9 Å². The zero-order valence-electron chi connectivity index (χ0n) is 14.6. The van der Waals surface area contributed by atoms with Gasteiger partial charge in [0.25, 0.3) is 0 Å². The van der Waals surface area contributed by atoms with Crippen molar-refractivity contribution in [3.8, 4) is 0 Å². The normalized spacial score (nSPS) is 11.5. The van der Waals surface area contributed by atoms with Crippen molar-refractivity contribution in [1.82, 2.24) is 24.6 Å². The van der Waals surface area contributed by atoms with Gasteiger partial charge in [-0.2, -0.15) is 13.9 Å². The number of hydrogen-bond donors (Lipinski definition) is 1. The summed E-state index contributed by atoms with van der Waals surface area (Å²) in [6.45, 7) is 2.71. The highest BCUT2D eigenvalue weighted by atomic mass is 35.5. The molecular formula is C18H20ClF2N5. The average molecular weight is 380 g/mol. The van der Waals surface area contributed by atoms with E-state index in [2.05, 4.69) is 15.4 Å². The van der Waals surface area contributed by atoms with E-state index in [0.717, 1.165) is 27.1 Å². The van der Waals surface area contributed by atoms with Crippen molar-refractivity contribution >= 4 is 11.6 Å². The van der Waals surface area contributed by atoms with Crippen LogP contribution >= 0.6 is 11.6 Å². The third kappa shape index (κ3) is 3.94. The van der Waals surface area contributed by atoms with Gasteiger partial charge in [0.2, 0.25) is 0 Å². The maximum Gasteiger partial charge on any atom is 0.319 e. The predicted molar refractivity (Wildman–Crippen MR) is 96.3 cm³/mol. The van der Waals surface area contributed by atoms with Crippen LogP contribution in [0.15, 0.2) is 36.7 Å². The van der Waals surface area contributed by atoms with Crippen LogP contribution in [0.1, 0.15) is 34.9 Å². The van der Waals surface area contributed by atoms with Gasteiger partial charge in [-0.1, -0.05) is 29.8 Å². The number of benzene rings is 1. The van der Waals surface area contributed by atoms with Gasteiger partial charge in [-0.3, -0.25) is 9.25 Å². The molecule has 0 radical (unpaired) electrons. The lowest BCUT2D eigenvalue weighted by molar-refractivity contribution is 0.0666. The zero-order chi connectivity index (χ0) is 18.7. The first-order valence-corrected chi connectivity index (χ1v) is 8.62.